The van der Waals surface area contributed by atoms with Gasteiger partial charge >= 0.3 is 6.18 Å². The number of benzene rings is 2. The van der Waals surface area contributed by atoms with Crippen molar-refractivity contribution < 1.29 is 18.0 Å². The van der Waals surface area contributed by atoms with Gasteiger partial charge in [-0.15, -0.1) is 0 Å². The molecule has 0 bridgehead atoms. The molecule has 2 aromatic rings. The van der Waals surface area contributed by atoms with Crippen molar-refractivity contribution >= 4 is 23.4 Å². The number of nitrogens with zero attached hydrogens (tertiary/aromatic N) is 2. The molecule has 31 heavy (non-hydrogen) atoms. The highest BCUT2D eigenvalue weighted by atomic mass is 19.4. The summed E-state index contributed by atoms with van der Waals surface area (Å²) in [4.78, 5) is 14.6. The van der Waals surface area contributed by atoms with Crippen LogP contribution < -0.4 is 10.3 Å². The van der Waals surface area contributed by atoms with Gasteiger partial charge in [0.15, 0.2) is 0 Å². The van der Waals surface area contributed by atoms with E-state index in [1.54, 1.807) is 0 Å². The molecule has 1 heterocycles. The van der Waals surface area contributed by atoms with Crippen molar-refractivity contribution in [2.75, 3.05) is 11.4 Å². The fourth-order valence-electron chi connectivity index (χ4n) is 4.02. The van der Waals surface area contributed by atoms with E-state index >= 15 is 0 Å². The van der Waals surface area contributed by atoms with Crippen LogP contribution in [0.3, 0.4) is 0 Å². The first-order valence-electron chi connectivity index (χ1n) is 10.1. The van der Waals surface area contributed by atoms with Crippen molar-refractivity contribution in [2.24, 2.45) is 5.10 Å². The second-order valence-corrected chi connectivity index (χ2v) is 8.23. The lowest BCUT2D eigenvalue weighted by molar-refractivity contribution is -0.137. The normalized spacial score (nSPS) is 15.6. The highest BCUT2D eigenvalue weighted by Gasteiger charge is 2.31. The molecule has 0 aromatic heterocycles. The summed E-state index contributed by atoms with van der Waals surface area (Å²) in [6, 6.07) is 8.38. The lowest BCUT2D eigenvalue weighted by Crippen LogP contribution is -2.45. The number of likely N-dealkylation sites (N-methyl/N-ethyl adjacent to an activating group) is 1. The molecule has 3 rings (SSSR count). The van der Waals surface area contributed by atoms with Crippen LogP contribution in [0, 0.1) is 6.92 Å². The third-order valence-electron chi connectivity index (χ3n) is 5.50. The zero-order valence-electron chi connectivity index (χ0n) is 18.3. The topological polar surface area (TPSA) is 44.7 Å². The highest BCUT2D eigenvalue weighted by Crippen LogP contribution is 2.39. The van der Waals surface area contributed by atoms with Gasteiger partial charge in [-0.25, -0.2) is 5.43 Å². The smallest absolute Gasteiger partial charge is 0.363 e. The van der Waals surface area contributed by atoms with E-state index in [-0.39, 0.29) is 11.1 Å². The number of hydrogen-bond acceptors (Lipinski definition) is 3. The molecule has 164 valence electrons. The first kappa shape index (κ1) is 22.6. The number of fused-ring (bicyclic) bond motifs is 1. The first-order chi connectivity index (χ1) is 14.4. The van der Waals surface area contributed by atoms with Crippen LogP contribution in [0.5, 0.6) is 0 Å². The molecule has 0 atom stereocenters. The average molecular weight is 429 g/mol. The Labute approximate surface area is 180 Å². The minimum Gasteiger partial charge on any atom is -0.363 e. The van der Waals surface area contributed by atoms with Crippen LogP contribution in [-0.2, 0) is 6.18 Å². The van der Waals surface area contributed by atoms with Crippen LogP contribution in [0.4, 0.5) is 18.9 Å². The molecule has 1 aliphatic rings. The maximum Gasteiger partial charge on any atom is 0.416 e. The summed E-state index contributed by atoms with van der Waals surface area (Å²) in [5.74, 6) is -0.701. The largest absolute Gasteiger partial charge is 0.416 e. The second-order valence-electron chi connectivity index (χ2n) is 8.23. The summed E-state index contributed by atoms with van der Waals surface area (Å²) in [5, 5.41) is 3.97. The van der Waals surface area contributed by atoms with Crippen molar-refractivity contribution in [2.45, 2.75) is 46.3 Å². The standard InChI is InChI=1S/C24H26F3N3O/c1-6-30-21-10-15(2)18(12-20(21)16(3)13-23(30,4)5)14-28-29-22(31)17-8-7-9-19(11-17)24(25,26)27/h7-14H,6H2,1-5H3,(H,29,31)/b28-14-. The summed E-state index contributed by atoms with van der Waals surface area (Å²) in [5.41, 5.74) is 6.46. The Bertz CT molecular complexity index is 1070. The van der Waals surface area contributed by atoms with Gasteiger partial charge in [0.25, 0.3) is 5.91 Å². The summed E-state index contributed by atoms with van der Waals surface area (Å²) in [6.07, 6.45) is -0.763. The molecule has 0 saturated heterocycles. The SMILES string of the molecule is CCN1c2cc(C)c(/C=N\NC(=O)c3cccc(C(F)(F)F)c3)cc2C(C)=CC1(C)C. The summed E-state index contributed by atoms with van der Waals surface area (Å²) in [7, 11) is 0. The maximum atomic E-state index is 12.9. The number of allylic oxidation sites excluding steroid dienone is 1. The Kier molecular flexibility index (Phi) is 5.98. The second kappa shape index (κ2) is 8.21. The summed E-state index contributed by atoms with van der Waals surface area (Å²) in [6.45, 7) is 11.4. The van der Waals surface area contributed by atoms with E-state index in [2.05, 4.69) is 55.3 Å². The van der Waals surface area contributed by atoms with Gasteiger partial charge in [-0.1, -0.05) is 12.1 Å². The zero-order chi connectivity index (χ0) is 23.0. The van der Waals surface area contributed by atoms with E-state index in [9.17, 15) is 18.0 Å². The van der Waals surface area contributed by atoms with Gasteiger partial charge in [0.1, 0.15) is 0 Å². The number of alkyl halides is 3. The molecule has 2 aromatic carbocycles. The minimum absolute atomic E-state index is 0.0905. The summed E-state index contributed by atoms with van der Waals surface area (Å²) >= 11 is 0. The molecule has 0 unspecified atom stereocenters. The predicted octanol–water partition coefficient (Wildman–Crippen LogP) is 5.80. The number of anilines is 1. The zero-order valence-corrected chi connectivity index (χ0v) is 18.3. The Balaban J connectivity index is 1.83. The van der Waals surface area contributed by atoms with Crippen LogP contribution in [0.2, 0.25) is 0 Å². The summed E-state index contributed by atoms with van der Waals surface area (Å²) < 4.78 is 38.6. The monoisotopic (exact) mass is 429 g/mol. The number of halogens is 3. The van der Waals surface area contributed by atoms with Crippen LogP contribution in [-0.4, -0.2) is 24.2 Å². The molecule has 0 aliphatic carbocycles. The van der Waals surface area contributed by atoms with Crippen molar-refractivity contribution in [1.82, 2.24) is 5.43 Å². The Morgan fingerprint density at radius 1 is 1.19 bits per heavy atom. The van der Waals surface area contributed by atoms with Crippen molar-refractivity contribution in [3.8, 4) is 0 Å². The molecule has 1 N–H and O–H groups in total. The highest BCUT2D eigenvalue weighted by molar-refractivity contribution is 5.95. The molecule has 0 radical (unpaired) electrons. The van der Waals surface area contributed by atoms with Crippen LogP contribution >= 0.6 is 0 Å². The third kappa shape index (κ3) is 4.65. The van der Waals surface area contributed by atoms with E-state index in [1.165, 1.54) is 18.3 Å². The lowest BCUT2D eigenvalue weighted by Gasteiger charge is -2.43. The Morgan fingerprint density at radius 3 is 2.55 bits per heavy atom. The van der Waals surface area contributed by atoms with Gasteiger partial charge in [-0.2, -0.15) is 18.3 Å². The van der Waals surface area contributed by atoms with Gasteiger partial charge in [-0.05, 0) is 81.7 Å². The third-order valence-corrected chi connectivity index (χ3v) is 5.50. The van der Waals surface area contributed by atoms with Gasteiger partial charge < -0.3 is 4.90 Å². The Morgan fingerprint density at radius 2 is 1.90 bits per heavy atom. The fourth-order valence-corrected chi connectivity index (χ4v) is 4.02. The van der Waals surface area contributed by atoms with Gasteiger partial charge in [0, 0.05) is 23.4 Å². The van der Waals surface area contributed by atoms with Gasteiger partial charge in [0.05, 0.1) is 17.3 Å². The van der Waals surface area contributed by atoms with E-state index in [4.69, 9.17) is 0 Å². The minimum atomic E-state index is -4.51. The van der Waals surface area contributed by atoms with Crippen molar-refractivity contribution in [3.05, 3.63) is 70.3 Å². The molecule has 7 heteroatoms. The van der Waals surface area contributed by atoms with Crippen molar-refractivity contribution in [3.63, 3.8) is 0 Å². The number of carbonyl (C=O) groups excluding carboxylic acids is 1. The molecule has 0 saturated carbocycles. The number of hydrazone groups is 1. The number of hydrogen-bond donors (Lipinski definition) is 1. The molecule has 1 amide bonds. The molecular weight excluding hydrogens is 403 g/mol. The Hall–Kier alpha value is -3.09. The van der Waals surface area contributed by atoms with Crippen LogP contribution in [0.15, 0.2) is 47.6 Å². The number of amides is 1. The number of nitrogens with one attached hydrogen (secondary N) is 1. The van der Waals surface area contributed by atoms with E-state index < -0.39 is 17.6 Å². The van der Waals surface area contributed by atoms with Crippen LogP contribution in [0.25, 0.3) is 5.57 Å². The maximum absolute atomic E-state index is 12.9. The molecule has 0 spiro atoms. The van der Waals surface area contributed by atoms with Crippen molar-refractivity contribution in [1.29, 1.82) is 0 Å². The van der Waals surface area contributed by atoms with E-state index in [0.29, 0.717) is 0 Å². The molecule has 1 aliphatic heterocycles. The first-order valence-corrected chi connectivity index (χ1v) is 10.1. The average Bonchev–Trinajstić information content (AvgIpc) is 2.68. The van der Waals surface area contributed by atoms with E-state index in [0.717, 1.165) is 46.6 Å². The molecular formula is C24H26F3N3O. The number of rotatable bonds is 4. The van der Waals surface area contributed by atoms with Gasteiger partial charge in [0.2, 0.25) is 0 Å². The fraction of sp³-hybridized carbons (Fsp3) is 0.333. The number of aryl methyl sites for hydroxylation is 1. The molecule has 0 fully saturated rings. The molecule has 4 nitrogen and oxygen atoms in total. The van der Waals surface area contributed by atoms with E-state index in [1.807, 2.05) is 13.0 Å². The lowest BCUT2D eigenvalue weighted by atomic mass is 9.87. The van der Waals surface area contributed by atoms with Crippen LogP contribution in [0.1, 0.15) is 60.3 Å². The van der Waals surface area contributed by atoms with Gasteiger partial charge in [-0.3, -0.25) is 4.79 Å². The predicted molar refractivity (Wildman–Crippen MR) is 118 cm³/mol. The number of carbonyl (C=O) groups is 1. The quantitative estimate of drug-likeness (QED) is 0.493.